The number of ether oxygens (including phenoxy) is 3. The highest BCUT2D eigenvalue weighted by Crippen LogP contribution is 2.34. The molecule has 2 atom stereocenters. The Bertz CT molecular complexity index is 424. The van der Waals surface area contributed by atoms with Gasteiger partial charge in [0.05, 0.1) is 12.7 Å². The summed E-state index contributed by atoms with van der Waals surface area (Å²) >= 11 is 0. The number of likely N-dealkylation sites (N-methyl/N-ethyl adjacent to an activating group) is 1. The number of aliphatic hydroxyl groups is 1. The molecular weight excluding hydrogens is 246 g/mol. The molecule has 0 radical (unpaired) electrons. The molecule has 0 fully saturated rings. The first-order valence-electron chi connectivity index (χ1n) is 6.38. The summed E-state index contributed by atoms with van der Waals surface area (Å²) in [5.41, 5.74) is 0.834. The molecular formula is C14H21NO4. The molecule has 0 bridgehead atoms. The van der Waals surface area contributed by atoms with Crippen LogP contribution in [0.1, 0.15) is 18.6 Å². The van der Waals surface area contributed by atoms with Gasteiger partial charge in [0.15, 0.2) is 11.5 Å². The number of nitrogens with zero attached hydrogens (tertiary/aromatic N) is 1. The van der Waals surface area contributed by atoms with E-state index in [0.29, 0.717) is 18.9 Å². The van der Waals surface area contributed by atoms with E-state index in [-0.39, 0.29) is 12.8 Å². The van der Waals surface area contributed by atoms with Gasteiger partial charge in [-0.05, 0) is 31.7 Å². The number of hydrogen-bond donors (Lipinski definition) is 1. The van der Waals surface area contributed by atoms with Crippen LogP contribution in [0.4, 0.5) is 0 Å². The van der Waals surface area contributed by atoms with Gasteiger partial charge in [-0.2, -0.15) is 0 Å². The van der Waals surface area contributed by atoms with E-state index in [2.05, 4.69) is 11.8 Å². The lowest BCUT2D eigenvalue weighted by Crippen LogP contribution is -2.35. The molecule has 0 spiro atoms. The second-order valence-corrected chi connectivity index (χ2v) is 4.87. The highest BCUT2D eigenvalue weighted by Gasteiger charge is 2.19. The Morgan fingerprint density at radius 3 is 2.84 bits per heavy atom. The number of benzene rings is 1. The van der Waals surface area contributed by atoms with Crippen LogP contribution in [-0.2, 0) is 4.74 Å². The molecule has 1 N–H and O–H groups in total. The summed E-state index contributed by atoms with van der Waals surface area (Å²) in [4.78, 5) is 2.07. The van der Waals surface area contributed by atoms with Gasteiger partial charge in [0.2, 0.25) is 6.79 Å². The monoisotopic (exact) mass is 267 g/mol. The van der Waals surface area contributed by atoms with E-state index >= 15 is 0 Å². The second-order valence-electron chi connectivity index (χ2n) is 4.87. The molecule has 0 saturated heterocycles. The lowest BCUT2D eigenvalue weighted by atomic mass is 10.1. The number of rotatable bonds is 6. The number of aliphatic hydroxyl groups excluding tert-OH is 1. The number of methoxy groups -OCH3 is 1. The minimum Gasteiger partial charge on any atom is -0.454 e. The normalized spacial score (nSPS) is 16.7. The zero-order chi connectivity index (χ0) is 13.8. The van der Waals surface area contributed by atoms with Crippen molar-refractivity contribution in [3.63, 3.8) is 0 Å². The summed E-state index contributed by atoms with van der Waals surface area (Å²) < 4.78 is 15.7. The molecule has 1 aliphatic heterocycles. The molecule has 1 aromatic carbocycles. The molecule has 5 nitrogen and oxygen atoms in total. The summed E-state index contributed by atoms with van der Waals surface area (Å²) in [7, 11) is 3.65. The average Bonchev–Trinajstić information content (AvgIpc) is 2.85. The summed E-state index contributed by atoms with van der Waals surface area (Å²) in [5, 5.41) is 10.3. The lowest BCUT2D eigenvalue weighted by Gasteiger charge is -2.26. The predicted octanol–water partition coefficient (Wildman–Crippen LogP) is 1.42. The van der Waals surface area contributed by atoms with Crippen LogP contribution < -0.4 is 9.47 Å². The average molecular weight is 267 g/mol. The Morgan fingerprint density at radius 1 is 1.37 bits per heavy atom. The zero-order valence-corrected chi connectivity index (χ0v) is 11.6. The van der Waals surface area contributed by atoms with Gasteiger partial charge >= 0.3 is 0 Å². The zero-order valence-electron chi connectivity index (χ0n) is 11.6. The van der Waals surface area contributed by atoms with E-state index in [1.807, 2.05) is 25.2 Å². The third-order valence-electron chi connectivity index (χ3n) is 3.40. The molecule has 0 aromatic heterocycles. The van der Waals surface area contributed by atoms with Crippen LogP contribution in [0.15, 0.2) is 18.2 Å². The van der Waals surface area contributed by atoms with Gasteiger partial charge < -0.3 is 19.3 Å². The molecule has 5 heteroatoms. The highest BCUT2D eigenvalue weighted by molar-refractivity contribution is 5.45. The fourth-order valence-electron chi connectivity index (χ4n) is 2.05. The summed E-state index contributed by atoms with van der Waals surface area (Å²) in [6.45, 7) is 3.50. The number of fused-ring (bicyclic) bond motifs is 1. The van der Waals surface area contributed by atoms with Crippen molar-refractivity contribution in [2.75, 3.05) is 34.1 Å². The first-order chi connectivity index (χ1) is 9.11. The molecule has 1 aliphatic rings. The molecule has 106 valence electrons. The van der Waals surface area contributed by atoms with Crippen LogP contribution in [0.5, 0.6) is 11.5 Å². The molecule has 2 unspecified atom stereocenters. The van der Waals surface area contributed by atoms with Crippen LogP contribution in [0, 0.1) is 0 Å². The van der Waals surface area contributed by atoms with Crippen LogP contribution in [0.3, 0.4) is 0 Å². The SMILES string of the molecule is COCC(C)N(C)CC(O)c1ccc2c(c1)OCO2. The molecule has 0 saturated carbocycles. The van der Waals surface area contributed by atoms with Crippen LogP contribution >= 0.6 is 0 Å². The van der Waals surface area contributed by atoms with Crippen LogP contribution in [0.25, 0.3) is 0 Å². The topological polar surface area (TPSA) is 51.2 Å². The van der Waals surface area contributed by atoms with Gasteiger partial charge in [0, 0.05) is 19.7 Å². The first-order valence-corrected chi connectivity index (χ1v) is 6.38. The van der Waals surface area contributed by atoms with Crippen molar-refractivity contribution in [2.24, 2.45) is 0 Å². The predicted molar refractivity (Wildman–Crippen MR) is 71.5 cm³/mol. The summed E-state index contributed by atoms with van der Waals surface area (Å²) in [6.07, 6.45) is -0.557. The van der Waals surface area contributed by atoms with Crippen molar-refractivity contribution in [1.82, 2.24) is 4.90 Å². The van der Waals surface area contributed by atoms with Crippen molar-refractivity contribution in [2.45, 2.75) is 19.1 Å². The second kappa shape index (κ2) is 6.23. The number of hydrogen-bond acceptors (Lipinski definition) is 5. The molecule has 1 aromatic rings. The largest absolute Gasteiger partial charge is 0.454 e. The van der Waals surface area contributed by atoms with E-state index < -0.39 is 6.10 Å². The third-order valence-corrected chi connectivity index (χ3v) is 3.40. The maximum Gasteiger partial charge on any atom is 0.231 e. The minimum absolute atomic E-state index is 0.250. The van der Waals surface area contributed by atoms with Crippen molar-refractivity contribution in [3.8, 4) is 11.5 Å². The Hall–Kier alpha value is -1.30. The lowest BCUT2D eigenvalue weighted by molar-refractivity contribution is 0.0708. The minimum atomic E-state index is -0.557. The standard InChI is InChI=1S/C14H21NO4/c1-10(8-17-3)15(2)7-12(16)11-4-5-13-14(6-11)19-9-18-13/h4-6,10,12,16H,7-9H2,1-3H3. The first kappa shape index (κ1) is 14.1. The van der Waals surface area contributed by atoms with E-state index in [4.69, 9.17) is 14.2 Å². The van der Waals surface area contributed by atoms with Gasteiger partial charge in [0.1, 0.15) is 0 Å². The van der Waals surface area contributed by atoms with Crippen molar-refractivity contribution in [1.29, 1.82) is 0 Å². The van der Waals surface area contributed by atoms with E-state index in [9.17, 15) is 5.11 Å². The quantitative estimate of drug-likeness (QED) is 0.844. The maximum absolute atomic E-state index is 10.3. The van der Waals surface area contributed by atoms with Gasteiger partial charge in [0.25, 0.3) is 0 Å². The van der Waals surface area contributed by atoms with Gasteiger partial charge in [-0.1, -0.05) is 6.07 Å². The molecule has 1 heterocycles. The Balaban J connectivity index is 1.98. The van der Waals surface area contributed by atoms with E-state index in [1.165, 1.54) is 0 Å². The van der Waals surface area contributed by atoms with Gasteiger partial charge in [-0.25, -0.2) is 0 Å². The molecule has 19 heavy (non-hydrogen) atoms. The highest BCUT2D eigenvalue weighted by atomic mass is 16.7. The fourth-order valence-corrected chi connectivity index (χ4v) is 2.05. The van der Waals surface area contributed by atoms with Gasteiger partial charge in [-0.15, -0.1) is 0 Å². The fraction of sp³-hybridized carbons (Fsp3) is 0.571. The maximum atomic E-state index is 10.3. The summed E-state index contributed by atoms with van der Waals surface area (Å²) in [5.74, 6) is 1.43. The Kier molecular flexibility index (Phi) is 4.63. The van der Waals surface area contributed by atoms with Crippen molar-refractivity contribution < 1.29 is 19.3 Å². The van der Waals surface area contributed by atoms with E-state index in [0.717, 1.165) is 11.3 Å². The summed E-state index contributed by atoms with van der Waals surface area (Å²) in [6, 6.07) is 5.79. The van der Waals surface area contributed by atoms with Crippen LogP contribution in [0.2, 0.25) is 0 Å². The molecule has 0 aliphatic carbocycles. The van der Waals surface area contributed by atoms with Gasteiger partial charge in [-0.3, -0.25) is 4.90 Å². The van der Waals surface area contributed by atoms with Crippen LogP contribution in [-0.4, -0.2) is 50.2 Å². The Labute approximate surface area is 113 Å². The Morgan fingerprint density at radius 2 is 2.11 bits per heavy atom. The van der Waals surface area contributed by atoms with Crippen molar-refractivity contribution in [3.05, 3.63) is 23.8 Å². The van der Waals surface area contributed by atoms with E-state index in [1.54, 1.807) is 7.11 Å². The molecule has 0 amide bonds. The smallest absolute Gasteiger partial charge is 0.231 e. The third kappa shape index (κ3) is 3.37. The molecule has 2 rings (SSSR count). The van der Waals surface area contributed by atoms with Crippen molar-refractivity contribution >= 4 is 0 Å².